The topological polar surface area (TPSA) is 83.4 Å². The van der Waals surface area contributed by atoms with Crippen LogP contribution in [0.25, 0.3) is 0 Å². The Labute approximate surface area is 130 Å². The fourth-order valence-corrected chi connectivity index (χ4v) is 2.55. The lowest BCUT2D eigenvalue weighted by Gasteiger charge is -2.10. The van der Waals surface area contributed by atoms with E-state index in [1.165, 1.54) is 0 Å². The molecule has 0 atom stereocenters. The van der Waals surface area contributed by atoms with Crippen LogP contribution in [-0.2, 0) is 22.6 Å². The summed E-state index contributed by atoms with van der Waals surface area (Å²) >= 11 is 0.875. The fraction of sp³-hybridized carbons (Fsp3) is 0.636. The Balaban J connectivity index is 2.63. The molecule has 22 heavy (non-hydrogen) atoms. The van der Waals surface area contributed by atoms with Gasteiger partial charge in [0, 0.05) is 24.7 Å². The van der Waals surface area contributed by atoms with Crippen LogP contribution in [0.3, 0.4) is 0 Å². The molecule has 6 nitrogen and oxygen atoms in total. The average molecular weight is 358 g/mol. The van der Waals surface area contributed by atoms with Gasteiger partial charge in [-0.1, -0.05) is 0 Å². The van der Waals surface area contributed by atoms with Gasteiger partial charge in [-0.05, 0) is 6.92 Å². The summed E-state index contributed by atoms with van der Waals surface area (Å²) in [6.45, 7) is 2.50. The number of alkyl halides is 3. The first kappa shape index (κ1) is 18.7. The second kappa shape index (κ2) is 7.77. The number of nitrogens with one attached hydrogen (secondary N) is 2. The summed E-state index contributed by atoms with van der Waals surface area (Å²) in [6, 6.07) is 0. The van der Waals surface area contributed by atoms with E-state index in [1.54, 1.807) is 0 Å². The highest BCUT2D eigenvalue weighted by molar-refractivity contribution is 7.90. The lowest BCUT2D eigenvalue weighted by atomic mass is 10.5. The van der Waals surface area contributed by atoms with Gasteiger partial charge < -0.3 is 10.6 Å². The first-order valence-corrected chi connectivity index (χ1v) is 9.27. The Morgan fingerprint density at radius 3 is 2.59 bits per heavy atom. The van der Waals surface area contributed by atoms with Crippen molar-refractivity contribution in [2.75, 3.05) is 25.1 Å². The Morgan fingerprint density at radius 2 is 2.09 bits per heavy atom. The van der Waals surface area contributed by atoms with E-state index < -0.39 is 21.7 Å². The van der Waals surface area contributed by atoms with E-state index in [0.29, 0.717) is 12.5 Å². The molecule has 0 aliphatic heterocycles. The van der Waals surface area contributed by atoms with Crippen LogP contribution in [0.4, 0.5) is 13.2 Å². The molecule has 1 rings (SSSR count). The molecule has 0 unspecified atom stereocenters. The number of guanidine groups is 1. The molecule has 11 heteroatoms. The van der Waals surface area contributed by atoms with Crippen LogP contribution in [0.2, 0.25) is 0 Å². The van der Waals surface area contributed by atoms with Crippen LogP contribution in [0.1, 0.15) is 17.6 Å². The maximum Gasteiger partial charge on any atom is 0.434 e. The normalized spacial score (nSPS) is 13.2. The lowest BCUT2D eigenvalue weighted by Crippen LogP contribution is -2.39. The van der Waals surface area contributed by atoms with Gasteiger partial charge in [0.25, 0.3) is 0 Å². The average Bonchev–Trinajstić information content (AvgIpc) is 2.83. The molecular weight excluding hydrogens is 341 g/mol. The molecule has 0 aromatic carbocycles. The van der Waals surface area contributed by atoms with Crippen LogP contribution in [0, 0.1) is 0 Å². The maximum absolute atomic E-state index is 12.4. The molecule has 1 aromatic heterocycles. The zero-order chi connectivity index (χ0) is 16.8. The summed E-state index contributed by atoms with van der Waals surface area (Å²) < 4.78 is 59.3. The van der Waals surface area contributed by atoms with Gasteiger partial charge in [-0.25, -0.2) is 18.4 Å². The quantitative estimate of drug-likeness (QED) is 0.591. The number of hydrogen-bond acceptors (Lipinski definition) is 5. The van der Waals surface area contributed by atoms with Gasteiger partial charge >= 0.3 is 6.18 Å². The first-order chi connectivity index (χ1) is 10.1. The molecule has 126 valence electrons. The highest BCUT2D eigenvalue weighted by Gasteiger charge is 2.33. The molecule has 0 aliphatic rings. The molecule has 0 saturated heterocycles. The highest BCUT2D eigenvalue weighted by Crippen LogP contribution is 2.30. The summed E-state index contributed by atoms with van der Waals surface area (Å²) in [5.41, 5.74) is -0.933. The van der Waals surface area contributed by atoms with Crippen LogP contribution in [-0.4, -0.2) is 44.5 Å². The number of halogens is 3. The van der Waals surface area contributed by atoms with E-state index in [4.69, 9.17) is 0 Å². The monoisotopic (exact) mass is 358 g/mol. The van der Waals surface area contributed by atoms with Crippen LogP contribution in [0.15, 0.2) is 10.4 Å². The SMILES string of the molecule is CCNC(=NCc1nc(C(F)(F)F)cs1)NCCS(C)(=O)=O. The van der Waals surface area contributed by atoms with Gasteiger partial charge in [0.15, 0.2) is 11.7 Å². The maximum atomic E-state index is 12.4. The Morgan fingerprint density at radius 1 is 1.41 bits per heavy atom. The van der Waals surface area contributed by atoms with Gasteiger partial charge in [0.2, 0.25) is 0 Å². The van der Waals surface area contributed by atoms with Gasteiger partial charge in [0.1, 0.15) is 14.8 Å². The smallest absolute Gasteiger partial charge is 0.357 e. The molecule has 2 N–H and O–H groups in total. The lowest BCUT2D eigenvalue weighted by molar-refractivity contribution is -0.140. The molecule has 0 radical (unpaired) electrons. The molecule has 1 heterocycles. The molecular formula is C11H17F3N4O2S2. The molecule has 0 spiro atoms. The summed E-state index contributed by atoms with van der Waals surface area (Å²) in [5, 5.41) is 6.84. The predicted molar refractivity (Wildman–Crippen MR) is 79.6 cm³/mol. The molecule has 0 aliphatic carbocycles. The zero-order valence-corrected chi connectivity index (χ0v) is 13.7. The van der Waals surface area contributed by atoms with Crippen molar-refractivity contribution < 1.29 is 21.6 Å². The van der Waals surface area contributed by atoms with Crippen molar-refractivity contribution in [1.82, 2.24) is 15.6 Å². The number of sulfone groups is 1. The van der Waals surface area contributed by atoms with Gasteiger partial charge in [-0.15, -0.1) is 11.3 Å². The van der Waals surface area contributed by atoms with Gasteiger partial charge in [-0.3, -0.25) is 0 Å². The second-order valence-corrected chi connectivity index (χ2v) is 7.58. The van der Waals surface area contributed by atoms with Gasteiger partial charge in [-0.2, -0.15) is 13.2 Å². The van der Waals surface area contributed by atoms with E-state index >= 15 is 0 Å². The third-order valence-corrected chi connectivity index (χ3v) is 4.10. The molecule has 0 bridgehead atoms. The van der Waals surface area contributed by atoms with E-state index in [1.807, 2.05) is 6.92 Å². The van der Waals surface area contributed by atoms with Crippen LogP contribution in [0.5, 0.6) is 0 Å². The highest BCUT2D eigenvalue weighted by atomic mass is 32.2. The fourth-order valence-electron chi connectivity index (χ4n) is 1.36. The number of nitrogens with zero attached hydrogens (tertiary/aromatic N) is 2. The number of aliphatic imine (C=N–C) groups is 1. The number of rotatable bonds is 6. The molecule has 1 aromatic rings. The van der Waals surface area contributed by atoms with Crippen LogP contribution >= 0.6 is 11.3 Å². The largest absolute Gasteiger partial charge is 0.434 e. The van der Waals surface area contributed by atoms with Crippen molar-refractivity contribution in [3.63, 3.8) is 0 Å². The Kier molecular flexibility index (Phi) is 6.60. The third kappa shape index (κ3) is 7.07. The van der Waals surface area contributed by atoms with Crippen molar-refractivity contribution in [2.24, 2.45) is 4.99 Å². The predicted octanol–water partition coefficient (Wildman–Crippen LogP) is 1.26. The number of aromatic nitrogens is 1. The molecule has 0 fully saturated rings. The summed E-state index contributed by atoms with van der Waals surface area (Å²) in [7, 11) is -3.10. The van der Waals surface area contributed by atoms with E-state index in [2.05, 4.69) is 20.6 Å². The summed E-state index contributed by atoms with van der Waals surface area (Å²) in [4.78, 5) is 7.55. The van der Waals surface area contributed by atoms with Crippen molar-refractivity contribution >= 4 is 27.1 Å². The van der Waals surface area contributed by atoms with E-state index in [9.17, 15) is 21.6 Å². The van der Waals surface area contributed by atoms with E-state index in [0.717, 1.165) is 23.0 Å². The first-order valence-electron chi connectivity index (χ1n) is 6.33. The Hall–Kier alpha value is -1.36. The number of thiazole rings is 1. The van der Waals surface area contributed by atoms with E-state index in [-0.39, 0.29) is 23.8 Å². The number of hydrogen-bond donors (Lipinski definition) is 2. The minimum Gasteiger partial charge on any atom is -0.357 e. The minimum atomic E-state index is -4.46. The summed E-state index contributed by atoms with van der Waals surface area (Å²) in [6.07, 6.45) is -3.34. The van der Waals surface area contributed by atoms with Crippen LogP contribution < -0.4 is 10.6 Å². The van der Waals surface area contributed by atoms with Crippen molar-refractivity contribution in [3.05, 3.63) is 16.1 Å². The van der Waals surface area contributed by atoms with Crippen molar-refractivity contribution in [2.45, 2.75) is 19.6 Å². The molecule has 0 saturated carbocycles. The third-order valence-electron chi connectivity index (χ3n) is 2.32. The Bertz CT molecular complexity index is 611. The van der Waals surface area contributed by atoms with Crippen molar-refractivity contribution in [1.29, 1.82) is 0 Å². The minimum absolute atomic E-state index is 0.0189. The standard InChI is InChI=1S/C11H17F3N4O2S2/c1-3-15-10(16-4-5-22(2,19)20)17-6-9-18-8(7-21-9)11(12,13)14/h7H,3-6H2,1-2H3,(H2,15,16,17). The second-order valence-electron chi connectivity index (χ2n) is 4.38. The summed E-state index contributed by atoms with van der Waals surface area (Å²) in [5.74, 6) is 0.266. The zero-order valence-electron chi connectivity index (χ0n) is 12.1. The molecule has 0 amide bonds. The van der Waals surface area contributed by atoms with Gasteiger partial charge in [0.05, 0.1) is 12.3 Å². The van der Waals surface area contributed by atoms with Crippen molar-refractivity contribution in [3.8, 4) is 0 Å².